The SMILES string of the molecule is C=CC(=O)OC(CC)C(=O)NC(C)(C)C. The van der Waals surface area contributed by atoms with Crippen molar-refractivity contribution in [2.24, 2.45) is 0 Å². The van der Waals surface area contributed by atoms with Gasteiger partial charge in [-0.2, -0.15) is 0 Å². The van der Waals surface area contributed by atoms with E-state index in [9.17, 15) is 9.59 Å². The average Bonchev–Trinajstić information content (AvgIpc) is 2.10. The lowest BCUT2D eigenvalue weighted by molar-refractivity contribution is -0.152. The van der Waals surface area contributed by atoms with Gasteiger partial charge in [0.1, 0.15) is 0 Å². The minimum absolute atomic E-state index is 0.278. The third-order valence-corrected chi connectivity index (χ3v) is 1.59. The van der Waals surface area contributed by atoms with E-state index in [-0.39, 0.29) is 11.4 Å². The fourth-order valence-electron chi connectivity index (χ4n) is 0.961. The van der Waals surface area contributed by atoms with Crippen molar-refractivity contribution in [1.82, 2.24) is 5.32 Å². The van der Waals surface area contributed by atoms with Crippen LogP contribution in [-0.2, 0) is 14.3 Å². The van der Waals surface area contributed by atoms with E-state index in [2.05, 4.69) is 11.9 Å². The van der Waals surface area contributed by atoms with Gasteiger partial charge in [0.25, 0.3) is 5.91 Å². The highest BCUT2D eigenvalue weighted by Gasteiger charge is 2.23. The minimum Gasteiger partial charge on any atom is -0.449 e. The lowest BCUT2D eigenvalue weighted by atomic mass is 10.1. The first-order chi connectivity index (χ1) is 6.80. The van der Waals surface area contributed by atoms with Crippen molar-refractivity contribution >= 4 is 11.9 Å². The molecule has 0 saturated heterocycles. The number of rotatable bonds is 4. The van der Waals surface area contributed by atoms with Crippen LogP contribution in [-0.4, -0.2) is 23.5 Å². The highest BCUT2D eigenvalue weighted by Crippen LogP contribution is 2.04. The van der Waals surface area contributed by atoms with Crippen LogP contribution in [0, 0.1) is 0 Å². The van der Waals surface area contributed by atoms with E-state index in [0.717, 1.165) is 6.08 Å². The summed E-state index contributed by atoms with van der Waals surface area (Å²) >= 11 is 0. The smallest absolute Gasteiger partial charge is 0.330 e. The van der Waals surface area contributed by atoms with Gasteiger partial charge in [-0.25, -0.2) is 4.79 Å². The molecule has 0 fully saturated rings. The molecule has 0 rings (SSSR count). The fraction of sp³-hybridized carbons (Fsp3) is 0.636. The number of hydrogen-bond donors (Lipinski definition) is 1. The van der Waals surface area contributed by atoms with Gasteiger partial charge >= 0.3 is 5.97 Å². The van der Waals surface area contributed by atoms with Crippen molar-refractivity contribution in [3.63, 3.8) is 0 Å². The molecule has 0 aliphatic carbocycles. The van der Waals surface area contributed by atoms with Crippen molar-refractivity contribution < 1.29 is 14.3 Å². The molecule has 1 atom stereocenters. The van der Waals surface area contributed by atoms with Crippen molar-refractivity contribution in [3.05, 3.63) is 12.7 Å². The normalized spacial score (nSPS) is 12.8. The Kier molecular flexibility index (Phi) is 5.05. The molecule has 0 heterocycles. The Hall–Kier alpha value is -1.32. The number of nitrogens with one attached hydrogen (secondary N) is 1. The second kappa shape index (κ2) is 5.53. The Balaban J connectivity index is 4.35. The summed E-state index contributed by atoms with van der Waals surface area (Å²) in [6.45, 7) is 10.7. The number of carbonyl (C=O) groups is 2. The maximum absolute atomic E-state index is 11.6. The van der Waals surface area contributed by atoms with Gasteiger partial charge in [0.15, 0.2) is 6.10 Å². The molecule has 4 heteroatoms. The number of ether oxygens (including phenoxy) is 1. The first-order valence-electron chi connectivity index (χ1n) is 4.95. The molecule has 0 aromatic carbocycles. The van der Waals surface area contributed by atoms with Crippen molar-refractivity contribution in [1.29, 1.82) is 0 Å². The van der Waals surface area contributed by atoms with Crippen LogP contribution in [0.4, 0.5) is 0 Å². The molecule has 0 radical (unpaired) electrons. The molecule has 0 aliphatic heterocycles. The van der Waals surface area contributed by atoms with Gasteiger partial charge in [-0.1, -0.05) is 13.5 Å². The molecular weight excluding hydrogens is 194 g/mol. The number of amides is 1. The molecule has 0 aromatic rings. The fourth-order valence-corrected chi connectivity index (χ4v) is 0.961. The third-order valence-electron chi connectivity index (χ3n) is 1.59. The van der Waals surface area contributed by atoms with Crippen LogP contribution in [0.1, 0.15) is 34.1 Å². The van der Waals surface area contributed by atoms with Crippen molar-refractivity contribution in [2.45, 2.75) is 45.8 Å². The number of hydrogen-bond acceptors (Lipinski definition) is 3. The minimum atomic E-state index is -0.741. The van der Waals surface area contributed by atoms with Gasteiger partial charge in [0.2, 0.25) is 0 Å². The largest absolute Gasteiger partial charge is 0.449 e. The molecule has 0 spiro atoms. The van der Waals surface area contributed by atoms with E-state index in [1.165, 1.54) is 0 Å². The van der Waals surface area contributed by atoms with Crippen LogP contribution >= 0.6 is 0 Å². The Morgan fingerprint density at radius 3 is 2.33 bits per heavy atom. The second-order valence-electron chi connectivity index (χ2n) is 4.28. The van der Waals surface area contributed by atoms with E-state index >= 15 is 0 Å². The first-order valence-corrected chi connectivity index (χ1v) is 4.95. The Morgan fingerprint density at radius 1 is 1.47 bits per heavy atom. The second-order valence-corrected chi connectivity index (χ2v) is 4.28. The van der Waals surface area contributed by atoms with Crippen molar-refractivity contribution in [2.75, 3.05) is 0 Å². The zero-order valence-corrected chi connectivity index (χ0v) is 9.79. The van der Waals surface area contributed by atoms with Gasteiger partial charge in [0.05, 0.1) is 0 Å². The van der Waals surface area contributed by atoms with Crippen LogP contribution in [0.3, 0.4) is 0 Å². The van der Waals surface area contributed by atoms with E-state index in [1.54, 1.807) is 6.92 Å². The molecule has 0 saturated carbocycles. The highest BCUT2D eigenvalue weighted by molar-refractivity contribution is 5.87. The zero-order chi connectivity index (χ0) is 12.1. The molecule has 1 unspecified atom stereocenters. The first kappa shape index (κ1) is 13.7. The topological polar surface area (TPSA) is 55.4 Å². The van der Waals surface area contributed by atoms with Gasteiger partial charge in [-0.3, -0.25) is 4.79 Å². The summed E-state index contributed by atoms with van der Waals surface area (Å²) < 4.78 is 4.89. The lowest BCUT2D eigenvalue weighted by Crippen LogP contribution is -2.46. The maximum Gasteiger partial charge on any atom is 0.330 e. The molecule has 1 amide bonds. The Morgan fingerprint density at radius 2 is 2.00 bits per heavy atom. The average molecular weight is 213 g/mol. The summed E-state index contributed by atoms with van der Waals surface area (Å²) in [5, 5.41) is 2.75. The van der Waals surface area contributed by atoms with Crippen LogP contribution in [0.2, 0.25) is 0 Å². The van der Waals surface area contributed by atoms with Gasteiger partial charge < -0.3 is 10.1 Å². The molecule has 1 N–H and O–H groups in total. The standard InChI is InChI=1S/C11H19NO3/c1-6-8(15-9(13)7-2)10(14)12-11(3,4)5/h7-8H,2,6H2,1,3-5H3,(H,12,14). The van der Waals surface area contributed by atoms with Crippen LogP contribution in [0.15, 0.2) is 12.7 Å². The molecular formula is C11H19NO3. The zero-order valence-electron chi connectivity index (χ0n) is 9.79. The summed E-state index contributed by atoms with van der Waals surface area (Å²) in [5.41, 5.74) is -0.328. The summed E-state index contributed by atoms with van der Waals surface area (Å²) in [7, 11) is 0. The molecule has 0 bridgehead atoms. The lowest BCUT2D eigenvalue weighted by Gasteiger charge is -2.24. The molecule has 15 heavy (non-hydrogen) atoms. The van der Waals surface area contributed by atoms with E-state index < -0.39 is 12.1 Å². The quantitative estimate of drug-likeness (QED) is 0.567. The van der Waals surface area contributed by atoms with Crippen LogP contribution in [0.25, 0.3) is 0 Å². The predicted molar refractivity (Wildman–Crippen MR) is 58.3 cm³/mol. The number of esters is 1. The summed E-state index contributed by atoms with van der Waals surface area (Å²) in [6.07, 6.45) is 0.754. The molecule has 0 aromatic heterocycles. The van der Waals surface area contributed by atoms with Gasteiger partial charge in [0, 0.05) is 11.6 Å². The van der Waals surface area contributed by atoms with Crippen LogP contribution < -0.4 is 5.32 Å². The monoisotopic (exact) mass is 213 g/mol. The van der Waals surface area contributed by atoms with Crippen molar-refractivity contribution in [3.8, 4) is 0 Å². The van der Waals surface area contributed by atoms with Crippen LogP contribution in [0.5, 0.6) is 0 Å². The van der Waals surface area contributed by atoms with Gasteiger partial charge in [-0.05, 0) is 27.2 Å². The molecule has 4 nitrogen and oxygen atoms in total. The Labute approximate surface area is 90.7 Å². The summed E-state index contributed by atoms with van der Waals surface area (Å²) in [5.74, 6) is -0.855. The van der Waals surface area contributed by atoms with Gasteiger partial charge in [-0.15, -0.1) is 0 Å². The van der Waals surface area contributed by atoms with E-state index in [1.807, 2.05) is 20.8 Å². The maximum atomic E-state index is 11.6. The summed E-state index contributed by atoms with van der Waals surface area (Å²) in [4.78, 5) is 22.5. The van der Waals surface area contributed by atoms with E-state index in [0.29, 0.717) is 6.42 Å². The predicted octanol–water partition coefficient (Wildman–Crippen LogP) is 1.41. The Bertz CT molecular complexity index is 253. The molecule has 86 valence electrons. The number of carbonyl (C=O) groups excluding carboxylic acids is 2. The third kappa shape index (κ3) is 5.88. The highest BCUT2D eigenvalue weighted by atomic mass is 16.5. The summed E-state index contributed by atoms with van der Waals surface area (Å²) in [6, 6.07) is 0. The van der Waals surface area contributed by atoms with E-state index in [4.69, 9.17) is 4.74 Å². The molecule has 0 aliphatic rings.